The number of hydrogen-bond donors (Lipinski definition) is 0. The number of fused-ring (bicyclic) bond motifs is 2. The number of rotatable bonds is 4. The predicted molar refractivity (Wildman–Crippen MR) is 168 cm³/mol. The van der Waals surface area contributed by atoms with Crippen molar-refractivity contribution < 1.29 is 0 Å². The Kier molecular flexibility index (Phi) is 5.94. The lowest BCUT2D eigenvalue weighted by Gasteiger charge is -2.19. The van der Waals surface area contributed by atoms with Gasteiger partial charge in [0.05, 0.1) is 0 Å². The summed E-state index contributed by atoms with van der Waals surface area (Å²) >= 11 is 0. The van der Waals surface area contributed by atoms with Gasteiger partial charge >= 0.3 is 0 Å². The number of pyridine rings is 2. The van der Waals surface area contributed by atoms with Crippen LogP contribution in [0.4, 0.5) is 0 Å². The second kappa shape index (κ2) is 9.91. The standard InChI is InChI=1S/C38H28N2/c1-25-22-29(30-8-7-21-39-23-30)19-20-32(25)38-35-11-5-3-9-33(35)37(34-10-4-6-12-36(34)38)28-17-15-27(16-18-28)31-14-13-26(2)40-24-31/h3-24H,1-2H3. The molecule has 2 heterocycles. The average molecular weight is 513 g/mol. The minimum Gasteiger partial charge on any atom is -0.264 e. The minimum atomic E-state index is 1.03. The molecule has 0 aliphatic rings. The van der Waals surface area contributed by atoms with Crippen LogP contribution in [0.2, 0.25) is 0 Å². The second-order valence-electron chi connectivity index (χ2n) is 10.4. The third kappa shape index (κ3) is 4.15. The topological polar surface area (TPSA) is 25.8 Å². The Labute approximate surface area is 234 Å². The zero-order valence-corrected chi connectivity index (χ0v) is 22.6. The van der Waals surface area contributed by atoms with Gasteiger partial charge in [0.25, 0.3) is 0 Å². The molecule has 0 spiro atoms. The van der Waals surface area contributed by atoms with Crippen molar-refractivity contribution in [2.75, 3.05) is 0 Å². The van der Waals surface area contributed by atoms with Crippen molar-refractivity contribution in [3.63, 3.8) is 0 Å². The molecule has 0 aliphatic carbocycles. The van der Waals surface area contributed by atoms with Gasteiger partial charge in [-0.1, -0.05) is 103 Å². The summed E-state index contributed by atoms with van der Waals surface area (Å²) in [7, 11) is 0. The molecule has 0 fully saturated rings. The first-order valence-corrected chi connectivity index (χ1v) is 13.7. The summed E-state index contributed by atoms with van der Waals surface area (Å²) in [5.41, 5.74) is 11.9. The lowest BCUT2D eigenvalue weighted by atomic mass is 9.84. The van der Waals surface area contributed by atoms with E-state index in [0.29, 0.717) is 0 Å². The van der Waals surface area contributed by atoms with Crippen LogP contribution < -0.4 is 0 Å². The smallest absolute Gasteiger partial charge is 0.0373 e. The van der Waals surface area contributed by atoms with Gasteiger partial charge in [0.1, 0.15) is 0 Å². The fraction of sp³-hybridized carbons (Fsp3) is 0.0526. The summed E-state index contributed by atoms with van der Waals surface area (Å²) < 4.78 is 0. The molecule has 0 radical (unpaired) electrons. The van der Waals surface area contributed by atoms with Gasteiger partial charge in [-0.15, -0.1) is 0 Å². The number of hydrogen-bond acceptors (Lipinski definition) is 2. The van der Waals surface area contributed by atoms with E-state index in [2.05, 4.69) is 126 Å². The van der Waals surface area contributed by atoms with E-state index in [-0.39, 0.29) is 0 Å². The van der Waals surface area contributed by atoms with E-state index in [1.54, 1.807) is 0 Å². The van der Waals surface area contributed by atoms with Crippen molar-refractivity contribution in [3.8, 4) is 44.5 Å². The molecule has 0 saturated heterocycles. The highest BCUT2D eigenvalue weighted by Crippen LogP contribution is 2.45. The van der Waals surface area contributed by atoms with Crippen LogP contribution in [-0.2, 0) is 0 Å². The third-order valence-electron chi connectivity index (χ3n) is 7.84. The molecule has 5 aromatic carbocycles. The van der Waals surface area contributed by atoms with Gasteiger partial charge in [-0.05, 0) is 92.0 Å². The SMILES string of the molecule is Cc1ccc(-c2ccc(-c3c4ccccc4c(-c4ccc(-c5cccnc5)cc4C)c4ccccc34)cc2)cn1. The van der Waals surface area contributed by atoms with Crippen LogP contribution in [0.15, 0.2) is 134 Å². The van der Waals surface area contributed by atoms with E-state index in [0.717, 1.165) is 16.8 Å². The van der Waals surface area contributed by atoms with E-state index in [1.807, 2.05) is 31.6 Å². The third-order valence-corrected chi connectivity index (χ3v) is 7.84. The van der Waals surface area contributed by atoms with Crippen molar-refractivity contribution in [1.82, 2.24) is 9.97 Å². The Balaban J connectivity index is 1.43. The molecule has 2 nitrogen and oxygen atoms in total. The number of aromatic nitrogens is 2. The van der Waals surface area contributed by atoms with E-state index >= 15 is 0 Å². The van der Waals surface area contributed by atoms with Gasteiger partial charge in [0.2, 0.25) is 0 Å². The normalized spacial score (nSPS) is 11.2. The largest absolute Gasteiger partial charge is 0.264 e. The van der Waals surface area contributed by atoms with Crippen molar-refractivity contribution >= 4 is 21.5 Å². The van der Waals surface area contributed by atoms with Gasteiger partial charge in [-0.2, -0.15) is 0 Å². The maximum Gasteiger partial charge on any atom is 0.0373 e. The summed E-state index contributed by atoms with van der Waals surface area (Å²) in [6.45, 7) is 4.23. The van der Waals surface area contributed by atoms with Crippen molar-refractivity contribution in [2.24, 2.45) is 0 Å². The Morgan fingerprint density at radius 1 is 0.450 bits per heavy atom. The van der Waals surface area contributed by atoms with Crippen molar-refractivity contribution in [3.05, 3.63) is 145 Å². The summed E-state index contributed by atoms with van der Waals surface area (Å²) in [6, 6.07) is 41.6. The molecule has 0 aliphatic heterocycles. The molecule has 0 bridgehead atoms. The molecule has 0 amide bonds. The molecule has 7 aromatic rings. The van der Waals surface area contributed by atoms with Crippen LogP contribution in [0, 0.1) is 13.8 Å². The van der Waals surface area contributed by atoms with E-state index in [4.69, 9.17) is 0 Å². The maximum atomic E-state index is 4.48. The highest BCUT2D eigenvalue weighted by Gasteiger charge is 2.18. The first kappa shape index (κ1) is 24.0. The molecule has 190 valence electrons. The minimum absolute atomic E-state index is 1.03. The van der Waals surface area contributed by atoms with Crippen molar-refractivity contribution in [1.29, 1.82) is 0 Å². The molecule has 2 heteroatoms. The first-order valence-electron chi connectivity index (χ1n) is 13.7. The molecule has 0 atom stereocenters. The monoisotopic (exact) mass is 512 g/mol. The van der Waals surface area contributed by atoms with Gasteiger partial charge in [0, 0.05) is 29.8 Å². The van der Waals surface area contributed by atoms with E-state index < -0.39 is 0 Å². The molecule has 40 heavy (non-hydrogen) atoms. The fourth-order valence-electron chi connectivity index (χ4n) is 5.85. The molecule has 0 N–H and O–H groups in total. The number of nitrogens with zero attached hydrogens (tertiary/aromatic N) is 2. The highest BCUT2D eigenvalue weighted by atomic mass is 14.7. The summed E-state index contributed by atoms with van der Waals surface area (Å²) in [5.74, 6) is 0. The first-order chi connectivity index (χ1) is 19.7. The van der Waals surface area contributed by atoms with Crippen LogP contribution in [-0.4, -0.2) is 9.97 Å². The average Bonchev–Trinajstić information content (AvgIpc) is 3.01. The Bertz CT molecular complexity index is 1930. The van der Waals surface area contributed by atoms with Crippen molar-refractivity contribution in [2.45, 2.75) is 13.8 Å². The summed E-state index contributed by atoms with van der Waals surface area (Å²) in [6.07, 6.45) is 5.69. The molecule has 0 unspecified atom stereocenters. The van der Waals surface area contributed by atoms with E-state index in [1.165, 1.54) is 60.5 Å². The number of aryl methyl sites for hydroxylation is 2. The Morgan fingerprint density at radius 3 is 1.60 bits per heavy atom. The zero-order chi connectivity index (χ0) is 27.1. The van der Waals surface area contributed by atoms with Crippen LogP contribution in [0.5, 0.6) is 0 Å². The second-order valence-corrected chi connectivity index (χ2v) is 10.4. The molecule has 2 aromatic heterocycles. The fourth-order valence-corrected chi connectivity index (χ4v) is 5.85. The highest BCUT2D eigenvalue weighted by molar-refractivity contribution is 6.21. The van der Waals surface area contributed by atoms with Crippen LogP contribution in [0.1, 0.15) is 11.3 Å². The quantitative estimate of drug-likeness (QED) is 0.219. The Hall–Kier alpha value is -5.08. The zero-order valence-electron chi connectivity index (χ0n) is 22.6. The lowest BCUT2D eigenvalue weighted by molar-refractivity contribution is 1.20. The van der Waals surface area contributed by atoms with Gasteiger partial charge in [0.15, 0.2) is 0 Å². The Morgan fingerprint density at radius 2 is 1.02 bits per heavy atom. The molecular weight excluding hydrogens is 484 g/mol. The van der Waals surface area contributed by atoms with Gasteiger partial charge in [-0.25, -0.2) is 0 Å². The molecule has 7 rings (SSSR count). The van der Waals surface area contributed by atoms with Crippen LogP contribution in [0.25, 0.3) is 66.1 Å². The van der Waals surface area contributed by atoms with E-state index in [9.17, 15) is 0 Å². The van der Waals surface area contributed by atoms with Crippen LogP contribution in [0.3, 0.4) is 0 Å². The maximum absolute atomic E-state index is 4.48. The lowest BCUT2D eigenvalue weighted by Crippen LogP contribution is -1.93. The molecule has 0 saturated carbocycles. The number of benzene rings is 5. The summed E-state index contributed by atoms with van der Waals surface area (Å²) in [5, 5.41) is 5.05. The van der Waals surface area contributed by atoms with Gasteiger partial charge < -0.3 is 0 Å². The van der Waals surface area contributed by atoms with Crippen LogP contribution >= 0.6 is 0 Å². The summed E-state index contributed by atoms with van der Waals surface area (Å²) in [4.78, 5) is 8.80. The predicted octanol–water partition coefficient (Wildman–Crippen LogP) is 10.1. The molecular formula is C38H28N2. The van der Waals surface area contributed by atoms with Gasteiger partial charge in [-0.3, -0.25) is 9.97 Å².